The smallest absolute Gasteiger partial charge is 0.407 e. The number of hydrogen-bond donors (Lipinski definition) is 2. The van der Waals surface area contributed by atoms with Crippen molar-refractivity contribution in [3.63, 3.8) is 0 Å². The summed E-state index contributed by atoms with van der Waals surface area (Å²) >= 11 is 1.07. The Kier molecular flexibility index (Phi) is 7.16. The summed E-state index contributed by atoms with van der Waals surface area (Å²) in [5, 5.41) is 11.1. The number of ether oxygens (including phenoxy) is 1. The van der Waals surface area contributed by atoms with Gasteiger partial charge in [0.25, 0.3) is 0 Å². The summed E-state index contributed by atoms with van der Waals surface area (Å²) < 4.78 is 4.69. The third kappa shape index (κ3) is 5.97. The van der Waals surface area contributed by atoms with Crippen LogP contribution in [0.4, 0.5) is 4.79 Å². The molecule has 0 aliphatic heterocycles. The molecular weight excluding hydrogens is 230 g/mol. The van der Waals surface area contributed by atoms with E-state index in [0.717, 1.165) is 11.8 Å². The van der Waals surface area contributed by atoms with Crippen LogP contribution in [0.5, 0.6) is 0 Å². The van der Waals surface area contributed by atoms with Gasteiger partial charge in [-0.1, -0.05) is 25.6 Å². The van der Waals surface area contributed by atoms with Crippen LogP contribution in [0.1, 0.15) is 20.8 Å². The molecule has 0 atom stereocenters. The topological polar surface area (TPSA) is 75.6 Å². The summed E-state index contributed by atoms with van der Waals surface area (Å²) in [7, 11) is 0. The summed E-state index contributed by atoms with van der Waals surface area (Å²) in [5.74, 6) is 0.377. The molecule has 5 nitrogen and oxygen atoms in total. The maximum Gasteiger partial charge on any atom is 0.407 e. The predicted molar refractivity (Wildman–Crippen MR) is 63.4 cm³/mol. The molecule has 0 radical (unpaired) electrons. The zero-order valence-electron chi connectivity index (χ0n) is 9.91. The molecule has 94 valence electrons. The molecule has 0 saturated carbocycles. The van der Waals surface area contributed by atoms with Crippen LogP contribution in [0.25, 0.3) is 0 Å². The first-order valence-electron chi connectivity index (χ1n) is 5.12. The van der Waals surface area contributed by atoms with Gasteiger partial charge in [-0.05, 0) is 6.92 Å². The lowest BCUT2D eigenvalue weighted by molar-refractivity contribution is -0.117. The Labute approximate surface area is 99.9 Å². The second kappa shape index (κ2) is 7.51. The van der Waals surface area contributed by atoms with Crippen LogP contribution in [0.3, 0.4) is 0 Å². The molecule has 2 N–H and O–H groups in total. The lowest BCUT2D eigenvalue weighted by Crippen LogP contribution is -2.38. The minimum Gasteiger partial charge on any atom is -0.450 e. The minimum atomic E-state index is -0.660. The molecule has 0 fully saturated rings. The van der Waals surface area contributed by atoms with Gasteiger partial charge in [-0.3, -0.25) is 4.79 Å². The van der Waals surface area contributed by atoms with Crippen LogP contribution < -0.4 is 5.32 Å². The molecule has 0 bridgehead atoms. The largest absolute Gasteiger partial charge is 0.450 e. The number of carbonyl (C=O) groups excluding carboxylic acids is 2. The summed E-state index contributed by atoms with van der Waals surface area (Å²) in [6, 6.07) is 0. The fraction of sp³-hybridized carbons (Fsp3) is 0.800. The standard InChI is InChI=1S/C10H19NO4S/c1-4-15-9(14)11-7-10(2,3)8(13)16-6-5-12/h12H,4-7H2,1-3H3,(H,11,14). The van der Waals surface area contributed by atoms with E-state index in [1.807, 2.05) is 0 Å². The Bertz CT molecular complexity index is 243. The van der Waals surface area contributed by atoms with Crippen molar-refractivity contribution in [2.75, 3.05) is 25.5 Å². The quantitative estimate of drug-likeness (QED) is 0.735. The number of aliphatic hydroxyl groups is 1. The summed E-state index contributed by atoms with van der Waals surface area (Å²) in [5.41, 5.74) is -0.660. The number of amides is 1. The van der Waals surface area contributed by atoms with Crippen LogP contribution in [0.2, 0.25) is 0 Å². The van der Waals surface area contributed by atoms with Crippen molar-refractivity contribution in [1.82, 2.24) is 5.32 Å². The van der Waals surface area contributed by atoms with Crippen molar-refractivity contribution in [2.45, 2.75) is 20.8 Å². The fourth-order valence-electron chi connectivity index (χ4n) is 0.881. The third-order valence-electron chi connectivity index (χ3n) is 1.83. The van der Waals surface area contributed by atoms with Gasteiger partial charge in [0, 0.05) is 12.3 Å². The van der Waals surface area contributed by atoms with Crippen molar-refractivity contribution in [2.24, 2.45) is 5.41 Å². The van der Waals surface area contributed by atoms with E-state index in [4.69, 9.17) is 9.84 Å². The molecule has 0 aliphatic carbocycles. The second-order valence-electron chi connectivity index (χ2n) is 3.82. The minimum absolute atomic E-state index is 0.0300. The van der Waals surface area contributed by atoms with Crippen LogP contribution >= 0.6 is 11.8 Å². The van der Waals surface area contributed by atoms with E-state index in [-0.39, 0.29) is 18.3 Å². The molecule has 0 saturated heterocycles. The maximum atomic E-state index is 11.7. The Morgan fingerprint density at radius 2 is 2.06 bits per heavy atom. The van der Waals surface area contributed by atoms with Crippen LogP contribution in [0, 0.1) is 5.41 Å². The number of aliphatic hydroxyl groups excluding tert-OH is 1. The lowest BCUT2D eigenvalue weighted by Gasteiger charge is -2.22. The summed E-state index contributed by atoms with van der Waals surface area (Å²) in [4.78, 5) is 22.7. The molecule has 0 aromatic rings. The van der Waals surface area contributed by atoms with Gasteiger partial charge < -0.3 is 15.2 Å². The average Bonchev–Trinajstić information content (AvgIpc) is 2.23. The number of rotatable bonds is 6. The molecule has 6 heteroatoms. The molecule has 0 aromatic heterocycles. The molecule has 16 heavy (non-hydrogen) atoms. The lowest BCUT2D eigenvalue weighted by atomic mass is 9.96. The average molecular weight is 249 g/mol. The molecule has 0 unspecified atom stereocenters. The van der Waals surface area contributed by atoms with Gasteiger partial charge in [0.05, 0.1) is 18.6 Å². The van der Waals surface area contributed by atoms with Gasteiger partial charge in [0.2, 0.25) is 0 Å². The normalized spacial score (nSPS) is 11.0. The van der Waals surface area contributed by atoms with Crippen molar-refractivity contribution in [3.05, 3.63) is 0 Å². The maximum absolute atomic E-state index is 11.7. The number of hydrogen-bond acceptors (Lipinski definition) is 5. The molecular formula is C10H19NO4S. The number of alkyl carbamates (subject to hydrolysis) is 1. The predicted octanol–water partition coefficient (Wildman–Crippen LogP) is 1.01. The van der Waals surface area contributed by atoms with Crippen molar-refractivity contribution in [1.29, 1.82) is 0 Å². The fourth-order valence-corrected chi connectivity index (χ4v) is 1.62. The summed E-state index contributed by atoms with van der Waals surface area (Å²) in [6.45, 7) is 5.70. The van der Waals surface area contributed by atoms with Crippen molar-refractivity contribution >= 4 is 23.0 Å². The van der Waals surface area contributed by atoms with Crippen molar-refractivity contribution < 1.29 is 19.4 Å². The van der Waals surface area contributed by atoms with Crippen LogP contribution in [-0.2, 0) is 9.53 Å². The summed E-state index contributed by atoms with van der Waals surface area (Å²) in [6.07, 6.45) is -0.518. The van der Waals surface area contributed by atoms with E-state index in [1.54, 1.807) is 20.8 Å². The van der Waals surface area contributed by atoms with Gasteiger partial charge in [0.15, 0.2) is 5.12 Å². The molecule has 0 aliphatic rings. The molecule has 1 amide bonds. The second-order valence-corrected chi connectivity index (χ2v) is 4.89. The molecule has 0 spiro atoms. The van der Waals surface area contributed by atoms with E-state index < -0.39 is 11.5 Å². The SMILES string of the molecule is CCOC(=O)NCC(C)(C)C(=O)SCCO. The van der Waals surface area contributed by atoms with Gasteiger partial charge in [-0.2, -0.15) is 0 Å². The highest BCUT2D eigenvalue weighted by atomic mass is 32.2. The van der Waals surface area contributed by atoms with Gasteiger partial charge >= 0.3 is 6.09 Å². The van der Waals surface area contributed by atoms with Crippen molar-refractivity contribution in [3.8, 4) is 0 Å². The Morgan fingerprint density at radius 3 is 2.56 bits per heavy atom. The van der Waals surface area contributed by atoms with Crippen LogP contribution in [-0.4, -0.2) is 41.8 Å². The first kappa shape index (κ1) is 15.2. The highest BCUT2D eigenvalue weighted by Gasteiger charge is 2.28. The Morgan fingerprint density at radius 1 is 1.44 bits per heavy atom. The number of thioether (sulfide) groups is 1. The third-order valence-corrected chi connectivity index (χ3v) is 3.03. The molecule has 0 rings (SSSR count). The van der Waals surface area contributed by atoms with E-state index in [2.05, 4.69) is 5.32 Å². The van der Waals surface area contributed by atoms with Gasteiger partial charge in [0.1, 0.15) is 0 Å². The van der Waals surface area contributed by atoms with Crippen LogP contribution in [0.15, 0.2) is 0 Å². The van der Waals surface area contributed by atoms with E-state index in [9.17, 15) is 9.59 Å². The highest BCUT2D eigenvalue weighted by molar-refractivity contribution is 8.13. The zero-order chi connectivity index (χ0) is 12.6. The number of carbonyl (C=O) groups is 2. The van der Waals surface area contributed by atoms with E-state index >= 15 is 0 Å². The van der Waals surface area contributed by atoms with E-state index in [0.29, 0.717) is 12.4 Å². The van der Waals surface area contributed by atoms with E-state index in [1.165, 1.54) is 0 Å². The number of nitrogens with one attached hydrogen (secondary N) is 1. The highest BCUT2D eigenvalue weighted by Crippen LogP contribution is 2.22. The molecule has 0 heterocycles. The Balaban J connectivity index is 4.02. The van der Waals surface area contributed by atoms with Gasteiger partial charge in [-0.25, -0.2) is 4.79 Å². The monoisotopic (exact) mass is 249 g/mol. The zero-order valence-corrected chi connectivity index (χ0v) is 10.7. The Hall–Kier alpha value is -0.750. The molecule has 0 aromatic carbocycles. The first-order valence-corrected chi connectivity index (χ1v) is 6.11. The van der Waals surface area contributed by atoms with Gasteiger partial charge in [-0.15, -0.1) is 0 Å². The first-order chi connectivity index (χ1) is 7.44.